The van der Waals surface area contributed by atoms with Crippen molar-refractivity contribution in [1.29, 1.82) is 0 Å². The fraction of sp³-hybridized carbons (Fsp3) is 0.389. The van der Waals surface area contributed by atoms with Gasteiger partial charge in [-0.1, -0.05) is 29.8 Å². The molecule has 1 saturated carbocycles. The predicted molar refractivity (Wildman–Crippen MR) is 94.9 cm³/mol. The Morgan fingerprint density at radius 1 is 1.15 bits per heavy atom. The summed E-state index contributed by atoms with van der Waals surface area (Å²) in [5.41, 5.74) is 1.44. The van der Waals surface area contributed by atoms with Gasteiger partial charge in [-0.2, -0.15) is 0 Å². The molecule has 26 heavy (non-hydrogen) atoms. The van der Waals surface area contributed by atoms with Crippen LogP contribution in [0.5, 0.6) is 0 Å². The highest BCUT2D eigenvalue weighted by molar-refractivity contribution is 7.90. The van der Waals surface area contributed by atoms with Crippen molar-refractivity contribution in [3.05, 3.63) is 70.3 Å². The normalized spacial score (nSPS) is 27.6. The summed E-state index contributed by atoms with van der Waals surface area (Å²) < 4.78 is 26.6. The molecule has 8 heteroatoms. The topological polar surface area (TPSA) is 95.1 Å². The summed E-state index contributed by atoms with van der Waals surface area (Å²) in [6, 6.07) is 5.83. The average Bonchev–Trinajstić information content (AvgIpc) is 3.13. The number of hydrogen-bond acceptors (Lipinski definition) is 5. The number of aromatic nitrogens is 2. The molecule has 2 aromatic rings. The fourth-order valence-corrected chi connectivity index (χ4v) is 5.25. The molecule has 0 unspecified atom stereocenters. The maximum absolute atomic E-state index is 12.8. The molecule has 7 nitrogen and oxygen atoms in total. The maximum atomic E-state index is 12.8. The lowest BCUT2D eigenvalue weighted by molar-refractivity contribution is -0.539. The molecule has 0 aliphatic heterocycles. The number of imidazole rings is 1. The van der Waals surface area contributed by atoms with E-state index in [9.17, 15) is 18.5 Å². The van der Waals surface area contributed by atoms with Crippen molar-refractivity contribution in [3.8, 4) is 0 Å². The molecule has 1 aromatic carbocycles. The first-order valence-electron chi connectivity index (χ1n) is 8.56. The quantitative estimate of drug-likeness (QED) is 0.466. The molecular weight excluding hydrogens is 354 g/mol. The highest BCUT2D eigenvalue weighted by Crippen LogP contribution is 2.46. The smallest absolute Gasteiger partial charge is 0.264 e. The second-order valence-corrected chi connectivity index (χ2v) is 8.88. The van der Waals surface area contributed by atoms with Crippen molar-refractivity contribution in [3.63, 3.8) is 0 Å². The second-order valence-electron chi connectivity index (χ2n) is 7.04. The summed E-state index contributed by atoms with van der Waals surface area (Å²) >= 11 is 0. The molecule has 4 atom stereocenters. The van der Waals surface area contributed by atoms with Gasteiger partial charge in [-0.3, -0.25) is 10.1 Å². The number of nitrogens with zero attached hydrogens (tertiary/aromatic N) is 3. The highest BCUT2D eigenvalue weighted by Gasteiger charge is 2.49. The number of hydrogen-bond donors (Lipinski definition) is 0. The molecule has 0 saturated heterocycles. The van der Waals surface area contributed by atoms with Crippen LogP contribution < -0.4 is 0 Å². The second kappa shape index (κ2) is 6.05. The van der Waals surface area contributed by atoms with Crippen LogP contribution in [0, 0.1) is 28.9 Å². The molecule has 5 rings (SSSR count). The van der Waals surface area contributed by atoms with Crippen LogP contribution in [0.4, 0.5) is 0 Å². The lowest BCUT2D eigenvalue weighted by Gasteiger charge is -2.39. The van der Waals surface area contributed by atoms with Crippen LogP contribution in [0.3, 0.4) is 0 Å². The van der Waals surface area contributed by atoms with Crippen LogP contribution in [-0.2, 0) is 10.0 Å². The molecule has 3 aliphatic rings. The van der Waals surface area contributed by atoms with E-state index in [0.29, 0.717) is 5.69 Å². The lowest BCUT2D eigenvalue weighted by atomic mass is 9.65. The minimum Gasteiger partial charge on any atom is -0.264 e. The Labute approximate surface area is 151 Å². The zero-order chi connectivity index (χ0) is 18.5. The van der Waals surface area contributed by atoms with E-state index in [2.05, 4.69) is 4.98 Å². The minimum absolute atomic E-state index is 0.0285. The monoisotopic (exact) mass is 373 g/mol. The first-order chi connectivity index (χ1) is 12.4. The van der Waals surface area contributed by atoms with Crippen molar-refractivity contribution >= 4 is 10.0 Å². The van der Waals surface area contributed by atoms with Crippen LogP contribution >= 0.6 is 0 Å². The van der Waals surface area contributed by atoms with E-state index in [1.807, 2.05) is 19.1 Å². The maximum Gasteiger partial charge on any atom is 0.268 e. The van der Waals surface area contributed by atoms with Gasteiger partial charge in [0, 0.05) is 17.0 Å². The van der Waals surface area contributed by atoms with Gasteiger partial charge in [-0.25, -0.2) is 17.4 Å². The van der Waals surface area contributed by atoms with Gasteiger partial charge < -0.3 is 0 Å². The molecule has 3 aliphatic carbocycles. The summed E-state index contributed by atoms with van der Waals surface area (Å²) in [7, 11) is -3.76. The molecule has 0 radical (unpaired) electrons. The molecule has 2 bridgehead atoms. The van der Waals surface area contributed by atoms with E-state index in [4.69, 9.17) is 0 Å². The number of rotatable bonds is 4. The van der Waals surface area contributed by atoms with Gasteiger partial charge in [0.2, 0.25) is 6.04 Å². The zero-order valence-corrected chi connectivity index (χ0v) is 15.0. The first kappa shape index (κ1) is 17.0. The third kappa shape index (κ3) is 2.65. The number of nitro groups is 1. The van der Waals surface area contributed by atoms with Crippen LogP contribution in [0.2, 0.25) is 0 Å². The Kier molecular flexibility index (Phi) is 3.95. The van der Waals surface area contributed by atoms with Gasteiger partial charge in [0.05, 0.1) is 16.5 Å². The third-order valence-corrected chi connectivity index (χ3v) is 7.09. The SMILES string of the molecule is Cc1ccc(S(=O)(=O)n2cnc([C@H]3[C@H]([N+](=O)[O-])[C@H]4C=C[C@@H]3CC4)c2)cc1. The molecular formula is C18H19N3O4S. The van der Waals surface area contributed by atoms with Crippen molar-refractivity contribution in [2.45, 2.75) is 36.6 Å². The molecule has 136 valence electrons. The average molecular weight is 373 g/mol. The predicted octanol–water partition coefficient (Wildman–Crippen LogP) is 2.75. The van der Waals surface area contributed by atoms with Gasteiger partial charge in [-0.05, 0) is 37.8 Å². The molecule has 0 N–H and O–H groups in total. The molecule has 1 aromatic heterocycles. The van der Waals surface area contributed by atoms with E-state index in [-0.39, 0.29) is 27.6 Å². The Bertz CT molecular complexity index is 978. The van der Waals surface area contributed by atoms with Crippen LogP contribution in [0.1, 0.15) is 30.0 Å². The summed E-state index contributed by atoms with van der Waals surface area (Å²) in [4.78, 5) is 15.8. The highest BCUT2D eigenvalue weighted by atomic mass is 32.2. The minimum atomic E-state index is -3.76. The Balaban J connectivity index is 1.71. The van der Waals surface area contributed by atoms with Crippen LogP contribution in [0.25, 0.3) is 0 Å². The summed E-state index contributed by atoms with van der Waals surface area (Å²) in [6.07, 6.45) is 8.29. The van der Waals surface area contributed by atoms with Crippen molar-refractivity contribution in [2.24, 2.45) is 11.8 Å². The van der Waals surface area contributed by atoms with Gasteiger partial charge in [-0.15, -0.1) is 0 Å². The van der Waals surface area contributed by atoms with E-state index in [0.717, 1.165) is 22.4 Å². The fourth-order valence-electron chi connectivity index (χ4n) is 4.10. The van der Waals surface area contributed by atoms with Crippen LogP contribution in [-0.4, -0.2) is 28.3 Å². The van der Waals surface area contributed by atoms with Crippen LogP contribution in [0.15, 0.2) is 53.8 Å². The van der Waals surface area contributed by atoms with Gasteiger partial charge in [0.25, 0.3) is 10.0 Å². The van der Waals surface area contributed by atoms with E-state index in [1.54, 1.807) is 24.3 Å². The summed E-state index contributed by atoms with van der Waals surface area (Å²) in [6.45, 7) is 1.88. The number of allylic oxidation sites excluding steroid dienone is 1. The Hall–Kier alpha value is -2.48. The summed E-state index contributed by atoms with van der Waals surface area (Å²) in [5, 5.41) is 11.6. The first-order valence-corrected chi connectivity index (χ1v) is 10.00. The van der Waals surface area contributed by atoms with Gasteiger partial charge in [0.1, 0.15) is 6.33 Å². The molecule has 0 amide bonds. The third-order valence-electron chi connectivity index (χ3n) is 5.47. The lowest BCUT2D eigenvalue weighted by Crippen LogP contribution is -2.44. The van der Waals surface area contributed by atoms with E-state index in [1.165, 1.54) is 12.5 Å². The van der Waals surface area contributed by atoms with E-state index < -0.39 is 16.1 Å². The largest absolute Gasteiger partial charge is 0.268 e. The van der Waals surface area contributed by atoms with Gasteiger partial charge in [0.15, 0.2) is 0 Å². The number of fused-ring (bicyclic) bond motifs is 2. The Morgan fingerprint density at radius 3 is 2.42 bits per heavy atom. The molecule has 1 heterocycles. The Morgan fingerprint density at radius 2 is 1.81 bits per heavy atom. The van der Waals surface area contributed by atoms with E-state index >= 15 is 0 Å². The van der Waals surface area contributed by atoms with Gasteiger partial charge >= 0.3 is 0 Å². The van der Waals surface area contributed by atoms with Crippen molar-refractivity contribution in [1.82, 2.24) is 8.96 Å². The van der Waals surface area contributed by atoms with Crippen molar-refractivity contribution < 1.29 is 13.3 Å². The summed E-state index contributed by atoms with van der Waals surface area (Å²) in [5.74, 6) is -0.470. The number of benzene rings is 1. The standard InChI is InChI=1S/C18H19N3O4S/c1-12-2-8-15(9-3-12)26(24,25)20-10-16(19-11-20)17-13-4-6-14(7-5-13)18(17)21(22)23/h2-4,6,8-11,13-14,17-18H,5,7H2,1H3/t13-,14+,17+,18-/m1/s1. The molecule has 0 spiro atoms. The zero-order valence-electron chi connectivity index (χ0n) is 14.2. The van der Waals surface area contributed by atoms with Crippen molar-refractivity contribution in [2.75, 3.05) is 0 Å². The molecule has 1 fully saturated rings. The number of aryl methyl sites for hydroxylation is 1.